The smallest absolute Gasteiger partial charge is 0.229 e. The number of hydrogen-bond acceptors (Lipinski definition) is 2. The van der Waals surface area contributed by atoms with E-state index in [1.165, 1.54) is 11.0 Å². The molecule has 2 amide bonds. The number of benzene rings is 2. The van der Waals surface area contributed by atoms with Crippen LogP contribution in [0.25, 0.3) is 0 Å². The van der Waals surface area contributed by atoms with Gasteiger partial charge in [-0.25, -0.2) is 8.78 Å². The number of halogens is 3. The SMILES string of the molecule is O=C(Nc1ccccc1Cl)C1CC(=O)N(c2ccc(F)c(F)c2)C1. The monoisotopic (exact) mass is 350 g/mol. The average molecular weight is 351 g/mol. The number of amides is 2. The van der Waals surface area contributed by atoms with Gasteiger partial charge in [-0.15, -0.1) is 0 Å². The fourth-order valence-electron chi connectivity index (χ4n) is 2.58. The molecule has 1 atom stereocenters. The molecule has 4 nitrogen and oxygen atoms in total. The Hall–Kier alpha value is -2.47. The van der Waals surface area contributed by atoms with Gasteiger partial charge in [-0.2, -0.15) is 0 Å². The summed E-state index contributed by atoms with van der Waals surface area (Å²) in [6, 6.07) is 9.98. The van der Waals surface area contributed by atoms with Crippen LogP contribution in [0.1, 0.15) is 6.42 Å². The van der Waals surface area contributed by atoms with Gasteiger partial charge in [0.25, 0.3) is 0 Å². The normalized spacial score (nSPS) is 17.2. The number of para-hydroxylation sites is 1. The number of carbonyl (C=O) groups is 2. The highest BCUT2D eigenvalue weighted by atomic mass is 35.5. The van der Waals surface area contributed by atoms with Crippen molar-refractivity contribution in [2.75, 3.05) is 16.8 Å². The number of nitrogens with zero attached hydrogens (tertiary/aromatic N) is 1. The molecule has 2 aromatic carbocycles. The summed E-state index contributed by atoms with van der Waals surface area (Å²) >= 11 is 5.99. The maximum absolute atomic E-state index is 13.3. The summed E-state index contributed by atoms with van der Waals surface area (Å²) in [5.74, 6) is -3.29. The molecule has 0 radical (unpaired) electrons. The highest BCUT2D eigenvalue weighted by molar-refractivity contribution is 6.33. The lowest BCUT2D eigenvalue weighted by molar-refractivity contribution is -0.122. The predicted molar refractivity (Wildman–Crippen MR) is 86.9 cm³/mol. The Labute approximate surface area is 142 Å². The molecule has 1 saturated heterocycles. The zero-order chi connectivity index (χ0) is 17.3. The van der Waals surface area contributed by atoms with Crippen LogP contribution in [-0.4, -0.2) is 18.4 Å². The standard InChI is InChI=1S/C17H13ClF2N2O2/c18-12-3-1-2-4-15(12)21-17(24)10-7-16(23)22(9-10)11-5-6-13(19)14(20)8-11/h1-6,8,10H,7,9H2,(H,21,24). The van der Waals surface area contributed by atoms with E-state index in [1.807, 2.05) is 0 Å². The minimum absolute atomic E-state index is 0.00468. The molecule has 124 valence electrons. The first kappa shape index (κ1) is 16.4. The number of anilines is 2. The van der Waals surface area contributed by atoms with E-state index in [9.17, 15) is 18.4 Å². The quantitative estimate of drug-likeness (QED) is 0.919. The lowest BCUT2D eigenvalue weighted by Gasteiger charge is -2.17. The zero-order valence-electron chi connectivity index (χ0n) is 12.4. The van der Waals surface area contributed by atoms with E-state index in [0.717, 1.165) is 12.1 Å². The van der Waals surface area contributed by atoms with Crippen LogP contribution < -0.4 is 10.2 Å². The summed E-state index contributed by atoms with van der Waals surface area (Å²) in [5, 5.41) is 3.08. The summed E-state index contributed by atoms with van der Waals surface area (Å²) in [5.41, 5.74) is 0.690. The zero-order valence-corrected chi connectivity index (χ0v) is 13.2. The Balaban J connectivity index is 1.73. The summed E-state index contributed by atoms with van der Waals surface area (Å²) in [4.78, 5) is 25.7. The predicted octanol–water partition coefficient (Wildman–Crippen LogP) is 3.61. The first-order chi connectivity index (χ1) is 11.5. The summed E-state index contributed by atoms with van der Waals surface area (Å²) in [7, 11) is 0. The molecule has 7 heteroatoms. The van der Waals surface area contributed by atoms with E-state index in [1.54, 1.807) is 24.3 Å². The molecular formula is C17H13ClF2N2O2. The van der Waals surface area contributed by atoms with Crippen LogP contribution in [0.2, 0.25) is 5.02 Å². The molecule has 0 aromatic heterocycles. The molecule has 1 unspecified atom stereocenters. The van der Waals surface area contributed by atoms with E-state index >= 15 is 0 Å². The van der Waals surface area contributed by atoms with E-state index < -0.39 is 17.6 Å². The minimum Gasteiger partial charge on any atom is -0.324 e. The van der Waals surface area contributed by atoms with Gasteiger partial charge in [-0.3, -0.25) is 9.59 Å². The highest BCUT2D eigenvalue weighted by Crippen LogP contribution is 2.28. The lowest BCUT2D eigenvalue weighted by Crippen LogP contribution is -2.28. The van der Waals surface area contributed by atoms with Crippen LogP contribution in [0.15, 0.2) is 42.5 Å². The van der Waals surface area contributed by atoms with Gasteiger partial charge < -0.3 is 10.2 Å². The maximum Gasteiger partial charge on any atom is 0.229 e. The van der Waals surface area contributed by atoms with E-state index in [2.05, 4.69) is 5.32 Å². The molecule has 24 heavy (non-hydrogen) atoms. The molecule has 1 aliphatic heterocycles. The van der Waals surface area contributed by atoms with Crippen molar-refractivity contribution in [2.45, 2.75) is 6.42 Å². The highest BCUT2D eigenvalue weighted by Gasteiger charge is 2.35. The molecule has 0 spiro atoms. The van der Waals surface area contributed by atoms with Gasteiger partial charge in [-0.05, 0) is 24.3 Å². The number of hydrogen-bond donors (Lipinski definition) is 1. The molecule has 1 aliphatic rings. The second-order valence-electron chi connectivity index (χ2n) is 5.47. The fraction of sp³-hybridized carbons (Fsp3) is 0.176. The van der Waals surface area contributed by atoms with Gasteiger partial charge in [-0.1, -0.05) is 23.7 Å². The second-order valence-corrected chi connectivity index (χ2v) is 5.88. The Morgan fingerprint density at radius 1 is 1.17 bits per heavy atom. The number of rotatable bonds is 3. The second kappa shape index (κ2) is 6.57. The van der Waals surface area contributed by atoms with Crippen molar-refractivity contribution in [1.29, 1.82) is 0 Å². The van der Waals surface area contributed by atoms with Gasteiger partial charge in [0.1, 0.15) is 0 Å². The molecule has 0 saturated carbocycles. The van der Waals surface area contributed by atoms with Crippen molar-refractivity contribution in [3.8, 4) is 0 Å². The molecule has 0 aliphatic carbocycles. The molecular weight excluding hydrogens is 338 g/mol. The molecule has 1 N–H and O–H groups in total. The minimum atomic E-state index is -1.04. The van der Waals surface area contributed by atoms with Crippen LogP contribution in [-0.2, 0) is 9.59 Å². The summed E-state index contributed by atoms with van der Waals surface area (Å²) < 4.78 is 26.4. The fourth-order valence-corrected chi connectivity index (χ4v) is 2.77. The Morgan fingerprint density at radius 3 is 2.62 bits per heavy atom. The third-order valence-corrected chi connectivity index (χ3v) is 4.17. The number of carbonyl (C=O) groups excluding carboxylic acids is 2. The molecule has 2 aromatic rings. The van der Waals surface area contributed by atoms with Crippen molar-refractivity contribution in [3.63, 3.8) is 0 Å². The summed E-state index contributed by atoms with van der Waals surface area (Å²) in [6.45, 7) is 0.0974. The van der Waals surface area contributed by atoms with E-state index in [-0.39, 0.29) is 30.5 Å². The van der Waals surface area contributed by atoms with Crippen LogP contribution in [0.4, 0.5) is 20.2 Å². The molecule has 0 bridgehead atoms. The van der Waals surface area contributed by atoms with Crippen LogP contribution in [0, 0.1) is 17.6 Å². The van der Waals surface area contributed by atoms with Crippen molar-refractivity contribution in [3.05, 3.63) is 59.1 Å². The molecule has 1 heterocycles. The maximum atomic E-state index is 13.3. The van der Waals surface area contributed by atoms with Crippen LogP contribution in [0.3, 0.4) is 0 Å². The van der Waals surface area contributed by atoms with Gasteiger partial charge in [0.05, 0.1) is 16.6 Å². The van der Waals surface area contributed by atoms with E-state index in [0.29, 0.717) is 10.7 Å². The van der Waals surface area contributed by atoms with Crippen LogP contribution in [0.5, 0.6) is 0 Å². The van der Waals surface area contributed by atoms with Gasteiger partial charge >= 0.3 is 0 Å². The summed E-state index contributed by atoms with van der Waals surface area (Å²) in [6.07, 6.45) is -0.00468. The molecule has 1 fully saturated rings. The Kier molecular flexibility index (Phi) is 4.49. The van der Waals surface area contributed by atoms with E-state index in [4.69, 9.17) is 11.6 Å². The Bertz CT molecular complexity index is 813. The largest absolute Gasteiger partial charge is 0.324 e. The first-order valence-electron chi connectivity index (χ1n) is 7.26. The third-order valence-electron chi connectivity index (χ3n) is 3.84. The van der Waals surface area contributed by atoms with Crippen molar-refractivity contribution < 1.29 is 18.4 Å². The number of nitrogens with one attached hydrogen (secondary N) is 1. The first-order valence-corrected chi connectivity index (χ1v) is 7.64. The van der Waals surface area contributed by atoms with Crippen molar-refractivity contribution in [2.24, 2.45) is 5.92 Å². The lowest BCUT2D eigenvalue weighted by atomic mass is 10.1. The van der Waals surface area contributed by atoms with Crippen LogP contribution >= 0.6 is 11.6 Å². The van der Waals surface area contributed by atoms with Gasteiger partial charge in [0.15, 0.2) is 11.6 Å². The van der Waals surface area contributed by atoms with Crippen molar-refractivity contribution >= 4 is 34.8 Å². The van der Waals surface area contributed by atoms with Gasteiger partial charge in [0.2, 0.25) is 11.8 Å². The average Bonchev–Trinajstić information content (AvgIpc) is 2.94. The van der Waals surface area contributed by atoms with Gasteiger partial charge in [0, 0.05) is 24.7 Å². The van der Waals surface area contributed by atoms with Crippen molar-refractivity contribution in [1.82, 2.24) is 0 Å². The molecule has 3 rings (SSSR count). The topological polar surface area (TPSA) is 49.4 Å². The third kappa shape index (κ3) is 3.23. The Morgan fingerprint density at radius 2 is 1.92 bits per heavy atom.